The van der Waals surface area contributed by atoms with Crippen molar-refractivity contribution in [2.45, 2.75) is 44.6 Å². The van der Waals surface area contributed by atoms with Crippen LogP contribution >= 0.6 is 11.6 Å². The largest absolute Gasteiger partial charge is 0.460 e. The highest BCUT2D eigenvalue weighted by atomic mass is 35.5. The van der Waals surface area contributed by atoms with Gasteiger partial charge < -0.3 is 25.1 Å². The molecule has 0 amide bonds. The van der Waals surface area contributed by atoms with Crippen molar-refractivity contribution < 1.29 is 24.1 Å². The molecule has 0 unspecified atom stereocenters. The van der Waals surface area contributed by atoms with Gasteiger partial charge in [0.05, 0.1) is 66.7 Å². The minimum Gasteiger partial charge on any atom is -0.460 e. The van der Waals surface area contributed by atoms with Gasteiger partial charge in [0.25, 0.3) is 0 Å². The summed E-state index contributed by atoms with van der Waals surface area (Å²) in [4.78, 5) is 12.7. The van der Waals surface area contributed by atoms with Gasteiger partial charge in [0.15, 0.2) is 0 Å². The van der Waals surface area contributed by atoms with Crippen molar-refractivity contribution in [1.82, 2.24) is 0 Å². The summed E-state index contributed by atoms with van der Waals surface area (Å²) < 4.78 is 15.9. The predicted octanol–water partition coefficient (Wildman–Crippen LogP) is 4.45. The van der Waals surface area contributed by atoms with E-state index in [1.807, 2.05) is 36.4 Å². The molecule has 0 saturated heterocycles. The van der Waals surface area contributed by atoms with Crippen molar-refractivity contribution in [3.05, 3.63) is 58.1 Å². The summed E-state index contributed by atoms with van der Waals surface area (Å²) >= 11 is 6.39. The van der Waals surface area contributed by atoms with Crippen LogP contribution < -0.4 is 10.7 Å². The first-order valence-electron chi connectivity index (χ1n) is 13.6. The molecule has 9 heteroatoms. The lowest BCUT2D eigenvalue weighted by molar-refractivity contribution is 0.00919. The average Bonchev–Trinajstić information content (AvgIpc) is 3.59. The van der Waals surface area contributed by atoms with Gasteiger partial charge in [-0.1, -0.05) is 30.5 Å². The molecule has 2 atom stereocenters. The number of aliphatic hydroxyl groups is 1. The van der Waals surface area contributed by atoms with Crippen LogP contribution in [-0.2, 0) is 20.6 Å². The zero-order chi connectivity index (χ0) is 26.5. The molecule has 3 aliphatic rings. The molecule has 1 aliphatic heterocycles. The second kappa shape index (κ2) is 12.5. The van der Waals surface area contributed by atoms with Crippen molar-refractivity contribution in [1.29, 1.82) is 0 Å². The molecule has 3 N–H and O–H groups in total. The second-order valence-electron chi connectivity index (χ2n) is 10.2. The van der Waals surface area contributed by atoms with Crippen LogP contribution in [-0.4, -0.2) is 62.5 Å². The maximum absolute atomic E-state index is 12.7. The standard InChI is InChI=1S/C29H36ClN3O5/c30-25-18-22(7-10-26(25)31)33-28(19-3-1-2-4-19)24-9-5-20-17-21(6-8-23(20)27(24)32-33)29(35)38-16-15-37-14-13-36-12-11-34/h6-8,10,17-19,24,28,34H,1-5,9,11-16,31H2/t24-,28-/m0/s1. The molecule has 0 radical (unpaired) electrons. The van der Waals surface area contributed by atoms with Gasteiger partial charge in [-0.2, -0.15) is 5.10 Å². The van der Waals surface area contributed by atoms with E-state index in [1.54, 1.807) is 0 Å². The highest BCUT2D eigenvalue weighted by Crippen LogP contribution is 2.45. The fourth-order valence-electron chi connectivity index (χ4n) is 6.02. The van der Waals surface area contributed by atoms with Gasteiger partial charge in [-0.05, 0) is 67.5 Å². The van der Waals surface area contributed by atoms with Gasteiger partial charge in [-0.25, -0.2) is 4.79 Å². The molecule has 2 aromatic rings. The number of hydrogen-bond acceptors (Lipinski definition) is 8. The summed E-state index contributed by atoms with van der Waals surface area (Å²) in [6.07, 6.45) is 6.88. The minimum atomic E-state index is -0.356. The molecule has 0 spiro atoms. The Morgan fingerprint density at radius 1 is 1.03 bits per heavy atom. The first-order chi connectivity index (χ1) is 18.6. The second-order valence-corrected chi connectivity index (χ2v) is 10.6. The van der Waals surface area contributed by atoms with E-state index < -0.39 is 0 Å². The maximum atomic E-state index is 12.7. The Morgan fingerprint density at radius 2 is 1.79 bits per heavy atom. The highest BCUT2D eigenvalue weighted by molar-refractivity contribution is 6.33. The van der Waals surface area contributed by atoms with Gasteiger partial charge in [-0.15, -0.1) is 0 Å². The zero-order valence-electron chi connectivity index (χ0n) is 21.6. The normalized spacial score (nSPS) is 20.8. The van der Waals surface area contributed by atoms with E-state index in [0.29, 0.717) is 60.6 Å². The fourth-order valence-corrected chi connectivity index (χ4v) is 6.19. The third-order valence-corrected chi connectivity index (χ3v) is 8.13. The Hall–Kier alpha value is -2.65. The van der Waals surface area contributed by atoms with E-state index in [0.717, 1.165) is 35.4 Å². The Balaban J connectivity index is 1.28. The number of fused-ring (bicyclic) bond motifs is 3. The topological polar surface area (TPSA) is 107 Å². The van der Waals surface area contributed by atoms with E-state index in [4.69, 9.17) is 41.8 Å². The van der Waals surface area contributed by atoms with E-state index in [1.165, 1.54) is 25.7 Å². The molecule has 38 heavy (non-hydrogen) atoms. The lowest BCUT2D eigenvalue weighted by Crippen LogP contribution is -2.40. The monoisotopic (exact) mass is 541 g/mol. The summed E-state index contributed by atoms with van der Waals surface area (Å²) in [6.45, 7) is 1.54. The molecule has 5 rings (SSSR count). The SMILES string of the molecule is Nc1ccc(N2N=C3c4ccc(C(=O)OCCOCCOCCO)cc4CC[C@@H]3[C@@H]2C2CCCC2)cc1Cl. The number of halogens is 1. The summed E-state index contributed by atoms with van der Waals surface area (Å²) in [7, 11) is 0. The number of carbonyl (C=O) groups is 1. The molecule has 0 aromatic heterocycles. The number of aryl methyl sites for hydroxylation is 1. The van der Waals surface area contributed by atoms with Crippen molar-refractivity contribution in [3.8, 4) is 0 Å². The highest BCUT2D eigenvalue weighted by Gasteiger charge is 2.45. The number of rotatable bonds is 11. The number of nitrogens with zero attached hydrogens (tertiary/aromatic N) is 2. The molecule has 1 saturated carbocycles. The molecule has 1 heterocycles. The number of hydrazone groups is 1. The number of benzene rings is 2. The third-order valence-electron chi connectivity index (χ3n) is 7.80. The van der Waals surface area contributed by atoms with Gasteiger partial charge in [0.2, 0.25) is 0 Å². The fraction of sp³-hybridized carbons (Fsp3) is 0.517. The Labute approximate surface area is 228 Å². The Morgan fingerprint density at radius 3 is 2.55 bits per heavy atom. The molecule has 2 aromatic carbocycles. The summed E-state index contributed by atoms with van der Waals surface area (Å²) in [5, 5.41) is 16.6. The van der Waals surface area contributed by atoms with Crippen molar-refractivity contribution >= 4 is 34.7 Å². The average molecular weight is 542 g/mol. The van der Waals surface area contributed by atoms with Crippen molar-refractivity contribution in [3.63, 3.8) is 0 Å². The Bertz CT molecular complexity index is 1170. The molecule has 204 valence electrons. The first-order valence-corrected chi connectivity index (χ1v) is 13.9. The number of ether oxygens (including phenoxy) is 3. The molecule has 8 nitrogen and oxygen atoms in total. The van der Waals surface area contributed by atoms with Crippen LogP contribution in [0.15, 0.2) is 41.5 Å². The van der Waals surface area contributed by atoms with Crippen LogP contribution in [0.2, 0.25) is 5.02 Å². The minimum absolute atomic E-state index is 0.0107. The van der Waals surface area contributed by atoms with E-state index >= 15 is 0 Å². The zero-order valence-corrected chi connectivity index (χ0v) is 22.4. The predicted molar refractivity (Wildman–Crippen MR) is 148 cm³/mol. The number of nitrogens with two attached hydrogens (primary N) is 1. The number of nitrogen functional groups attached to an aromatic ring is 1. The summed E-state index contributed by atoms with van der Waals surface area (Å²) in [5.41, 5.74) is 11.4. The number of aliphatic hydroxyl groups excluding tert-OH is 1. The van der Waals surface area contributed by atoms with E-state index in [9.17, 15) is 4.79 Å². The summed E-state index contributed by atoms with van der Waals surface area (Å²) in [5.74, 6) is 0.584. The molecule has 2 aliphatic carbocycles. The number of anilines is 2. The van der Waals surface area contributed by atoms with Crippen molar-refractivity contribution in [2.24, 2.45) is 16.9 Å². The van der Waals surface area contributed by atoms with Crippen LogP contribution in [0.25, 0.3) is 0 Å². The van der Waals surface area contributed by atoms with E-state index in [2.05, 4.69) is 5.01 Å². The lowest BCUT2D eigenvalue weighted by Gasteiger charge is -2.34. The lowest BCUT2D eigenvalue weighted by atomic mass is 9.75. The van der Waals surface area contributed by atoms with Crippen LogP contribution in [0.1, 0.15) is 53.6 Å². The van der Waals surface area contributed by atoms with Gasteiger partial charge in [0, 0.05) is 11.5 Å². The Kier molecular flexibility index (Phi) is 8.84. The summed E-state index contributed by atoms with van der Waals surface area (Å²) in [6, 6.07) is 11.9. The van der Waals surface area contributed by atoms with Crippen LogP contribution in [0.4, 0.5) is 11.4 Å². The molecular weight excluding hydrogens is 506 g/mol. The van der Waals surface area contributed by atoms with E-state index in [-0.39, 0.29) is 19.2 Å². The number of hydrogen-bond donors (Lipinski definition) is 2. The van der Waals surface area contributed by atoms with Gasteiger partial charge >= 0.3 is 5.97 Å². The van der Waals surface area contributed by atoms with Crippen LogP contribution in [0, 0.1) is 11.8 Å². The van der Waals surface area contributed by atoms with Crippen LogP contribution in [0.3, 0.4) is 0 Å². The van der Waals surface area contributed by atoms with Gasteiger partial charge in [0.1, 0.15) is 6.61 Å². The van der Waals surface area contributed by atoms with Gasteiger partial charge in [-0.3, -0.25) is 5.01 Å². The quantitative estimate of drug-likeness (QED) is 0.246. The van der Waals surface area contributed by atoms with Crippen molar-refractivity contribution in [2.75, 3.05) is 50.4 Å². The molecule has 1 fully saturated rings. The molecular formula is C29H36ClN3O5. The van der Waals surface area contributed by atoms with Crippen LogP contribution in [0.5, 0.6) is 0 Å². The number of esters is 1. The smallest absolute Gasteiger partial charge is 0.338 e. The molecule has 0 bridgehead atoms. The third kappa shape index (κ3) is 5.83. The maximum Gasteiger partial charge on any atom is 0.338 e. The first kappa shape index (κ1) is 26.9. The number of carbonyl (C=O) groups excluding carboxylic acids is 1.